The molecule has 1 N–H and O–H groups in total. The number of sulfonamides is 1. The molecule has 2 aliphatic rings. The first kappa shape index (κ1) is 26.6. The van der Waals surface area contributed by atoms with Crippen molar-refractivity contribution in [3.63, 3.8) is 0 Å². The van der Waals surface area contributed by atoms with Crippen LogP contribution in [0, 0.1) is 11.8 Å². The Kier molecular flexibility index (Phi) is 8.37. The van der Waals surface area contributed by atoms with Gasteiger partial charge in [0.2, 0.25) is 15.9 Å². The van der Waals surface area contributed by atoms with Gasteiger partial charge in [-0.05, 0) is 43.0 Å². The van der Waals surface area contributed by atoms with E-state index in [1.165, 1.54) is 10.7 Å². The summed E-state index contributed by atoms with van der Waals surface area (Å²) < 4.78 is 35.2. The van der Waals surface area contributed by atoms with E-state index in [9.17, 15) is 18.3 Å². The summed E-state index contributed by atoms with van der Waals surface area (Å²) in [4.78, 5) is 15.0. The number of aliphatic hydroxyl groups is 1. The lowest BCUT2D eigenvalue weighted by atomic mass is 9.88. The lowest BCUT2D eigenvalue weighted by molar-refractivity contribution is -0.136. The molecule has 1 aliphatic carbocycles. The fourth-order valence-corrected chi connectivity index (χ4v) is 7.10. The number of aliphatic hydroxyl groups excluding tert-OH is 1. The number of nitrogens with zero attached hydrogens (tertiary/aromatic N) is 2. The number of carbonyl (C=O) groups excluding carboxylic acids is 1. The second-order valence-electron chi connectivity index (χ2n) is 10.3. The van der Waals surface area contributed by atoms with Crippen LogP contribution >= 0.6 is 0 Å². The molecule has 0 bridgehead atoms. The lowest BCUT2D eigenvalue weighted by Crippen LogP contribution is -2.50. The van der Waals surface area contributed by atoms with Gasteiger partial charge in [-0.2, -0.15) is 4.31 Å². The molecule has 0 unspecified atom stereocenters. The molecule has 0 radical (unpaired) electrons. The highest BCUT2D eigenvalue weighted by atomic mass is 32.2. The smallest absolute Gasteiger partial charge is 0.247 e. The van der Waals surface area contributed by atoms with Gasteiger partial charge in [-0.1, -0.05) is 62.6 Å². The molecule has 7 nitrogen and oxygen atoms in total. The largest absolute Gasteiger partial charge is 0.487 e. The Balaban J connectivity index is 1.70. The average molecular weight is 515 g/mol. The van der Waals surface area contributed by atoms with Gasteiger partial charge in [-0.15, -0.1) is 0 Å². The Morgan fingerprint density at radius 3 is 2.47 bits per heavy atom. The Labute approximate surface area is 215 Å². The van der Waals surface area contributed by atoms with Crippen molar-refractivity contribution in [2.45, 2.75) is 63.0 Å². The summed E-state index contributed by atoms with van der Waals surface area (Å²) >= 11 is 0. The van der Waals surface area contributed by atoms with E-state index < -0.39 is 22.2 Å². The number of benzene rings is 2. The summed E-state index contributed by atoms with van der Waals surface area (Å²) in [5.74, 6) is 0.264. The molecule has 3 atom stereocenters. The molecular formula is C28H38N2O5S. The molecule has 1 amide bonds. The quantitative estimate of drug-likeness (QED) is 0.626. The van der Waals surface area contributed by atoms with Crippen LogP contribution in [-0.2, 0) is 14.8 Å². The van der Waals surface area contributed by atoms with Crippen LogP contribution in [0.25, 0.3) is 11.1 Å². The van der Waals surface area contributed by atoms with E-state index in [-0.39, 0.29) is 41.5 Å². The highest BCUT2D eigenvalue weighted by molar-refractivity contribution is 7.89. The number of fused-ring (bicyclic) bond motifs is 1. The van der Waals surface area contributed by atoms with Gasteiger partial charge in [0.1, 0.15) is 16.7 Å². The first-order valence-corrected chi connectivity index (χ1v) is 14.4. The molecule has 2 aromatic rings. The average Bonchev–Trinajstić information content (AvgIpc) is 2.90. The number of ether oxygens (including phenoxy) is 1. The van der Waals surface area contributed by atoms with Gasteiger partial charge in [-0.3, -0.25) is 4.79 Å². The predicted octanol–water partition coefficient (Wildman–Crippen LogP) is 4.16. The second-order valence-corrected chi connectivity index (χ2v) is 12.2. The van der Waals surface area contributed by atoms with Crippen molar-refractivity contribution >= 4 is 15.9 Å². The first-order chi connectivity index (χ1) is 17.2. The van der Waals surface area contributed by atoms with Gasteiger partial charge in [-0.25, -0.2) is 8.42 Å². The summed E-state index contributed by atoms with van der Waals surface area (Å²) in [5.41, 5.74) is 1.81. The van der Waals surface area contributed by atoms with Crippen LogP contribution in [0.3, 0.4) is 0 Å². The molecule has 0 saturated heterocycles. The highest BCUT2D eigenvalue weighted by Crippen LogP contribution is 2.36. The summed E-state index contributed by atoms with van der Waals surface area (Å²) in [7, 11) is -2.09. The van der Waals surface area contributed by atoms with Gasteiger partial charge in [0.15, 0.2) is 0 Å². The monoisotopic (exact) mass is 514 g/mol. The zero-order valence-electron chi connectivity index (χ0n) is 21.5. The van der Waals surface area contributed by atoms with Crippen molar-refractivity contribution in [2.75, 3.05) is 26.7 Å². The van der Waals surface area contributed by atoms with E-state index in [0.29, 0.717) is 6.54 Å². The summed E-state index contributed by atoms with van der Waals surface area (Å²) in [5, 5.41) is 9.85. The highest BCUT2D eigenvalue weighted by Gasteiger charge is 2.39. The Hall–Kier alpha value is -2.42. The molecule has 1 aliphatic heterocycles. The third-order valence-corrected chi connectivity index (χ3v) is 9.58. The summed E-state index contributed by atoms with van der Waals surface area (Å²) in [6.45, 7) is 3.93. The van der Waals surface area contributed by atoms with Crippen LogP contribution in [0.1, 0.15) is 46.0 Å². The van der Waals surface area contributed by atoms with E-state index in [0.717, 1.165) is 36.8 Å². The van der Waals surface area contributed by atoms with Crippen molar-refractivity contribution in [3.8, 4) is 16.9 Å². The zero-order chi connectivity index (χ0) is 25.9. The van der Waals surface area contributed by atoms with Crippen LogP contribution in [0.5, 0.6) is 5.75 Å². The van der Waals surface area contributed by atoms with Crippen molar-refractivity contribution in [3.05, 3.63) is 48.5 Å². The van der Waals surface area contributed by atoms with Crippen molar-refractivity contribution in [1.29, 1.82) is 0 Å². The van der Waals surface area contributed by atoms with Crippen LogP contribution in [0.4, 0.5) is 0 Å². The van der Waals surface area contributed by atoms with E-state index in [1.807, 2.05) is 44.3 Å². The Morgan fingerprint density at radius 1 is 1.11 bits per heavy atom. The molecule has 1 heterocycles. The van der Waals surface area contributed by atoms with E-state index in [1.54, 1.807) is 30.0 Å². The number of likely N-dealkylation sites (N-methyl/N-ethyl adjacent to an activating group) is 1. The van der Waals surface area contributed by atoms with Crippen LogP contribution < -0.4 is 4.74 Å². The SMILES string of the molecule is C[C@H](CO)N1C[C@H](C)[C@@H](CN(C)C(=O)C2CCCCC2)Oc2cc(-c3ccccc3)ccc2S1(=O)=O. The standard InChI is InChI=1S/C28H38N2O5S/c1-20-17-30(21(2)19-31)36(33,34)27-15-14-24(22-10-6-4-7-11-22)16-25(27)35-26(20)18-29(3)28(32)23-12-8-5-9-13-23/h4,6-7,10-11,14-16,20-21,23,26,31H,5,8-9,12-13,17-19H2,1-3H3/t20-,21+,26+/m0/s1. The first-order valence-electron chi connectivity index (χ1n) is 13.0. The maximum atomic E-state index is 13.7. The van der Waals surface area contributed by atoms with Crippen molar-refractivity contribution in [2.24, 2.45) is 11.8 Å². The van der Waals surface area contributed by atoms with Gasteiger partial charge in [0.25, 0.3) is 0 Å². The maximum absolute atomic E-state index is 13.7. The summed E-state index contributed by atoms with van der Waals surface area (Å²) in [6.07, 6.45) is 4.80. The minimum Gasteiger partial charge on any atom is -0.487 e. The Morgan fingerprint density at radius 2 is 1.81 bits per heavy atom. The number of amides is 1. The third-order valence-electron chi connectivity index (χ3n) is 7.56. The fraction of sp³-hybridized carbons (Fsp3) is 0.536. The van der Waals surface area contributed by atoms with E-state index in [2.05, 4.69) is 0 Å². The van der Waals surface area contributed by atoms with Crippen molar-refractivity contribution < 1.29 is 23.1 Å². The molecule has 8 heteroatoms. The van der Waals surface area contributed by atoms with E-state index >= 15 is 0 Å². The van der Waals surface area contributed by atoms with Gasteiger partial charge in [0, 0.05) is 31.5 Å². The van der Waals surface area contributed by atoms with Gasteiger partial charge >= 0.3 is 0 Å². The molecule has 1 saturated carbocycles. The molecule has 0 aromatic heterocycles. The lowest BCUT2D eigenvalue weighted by Gasteiger charge is -2.38. The van der Waals surface area contributed by atoms with E-state index in [4.69, 9.17) is 4.74 Å². The summed E-state index contributed by atoms with van der Waals surface area (Å²) in [6, 6.07) is 14.3. The molecule has 196 valence electrons. The molecular weight excluding hydrogens is 476 g/mol. The van der Waals surface area contributed by atoms with Crippen LogP contribution in [0.15, 0.2) is 53.4 Å². The molecule has 2 aromatic carbocycles. The predicted molar refractivity (Wildman–Crippen MR) is 140 cm³/mol. The molecule has 1 fully saturated rings. The maximum Gasteiger partial charge on any atom is 0.247 e. The molecule has 4 rings (SSSR count). The number of rotatable bonds is 6. The van der Waals surface area contributed by atoms with Crippen LogP contribution in [-0.4, -0.2) is 67.5 Å². The number of hydrogen-bond donors (Lipinski definition) is 1. The van der Waals surface area contributed by atoms with Gasteiger partial charge < -0.3 is 14.7 Å². The van der Waals surface area contributed by atoms with Crippen molar-refractivity contribution in [1.82, 2.24) is 9.21 Å². The topological polar surface area (TPSA) is 87.2 Å². The molecule has 0 spiro atoms. The fourth-order valence-electron chi connectivity index (χ4n) is 5.27. The second kappa shape index (κ2) is 11.3. The molecule has 36 heavy (non-hydrogen) atoms. The van der Waals surface area contributed by atoms with Crippen LogP contribution in [0.2, 0.25) is 0 Å². The van der Waals surface area contributed by atoms with Gasteiger partial charge in [0.05, 0.1) is 13.2 Å². The Bertz CT molecular complexity index is 1150. The number of carbonyl (C=O) groups is 1. The zero-order valence-corrected chi connectivity index (χ0v) is 22.3. The third kappa shape index (κ3) is 5.61. The normalized spacial score (nSPS) is 23.6. The number of hydrogen-bond acceptors (Lipinski definition) is 5. The minimum absolute atomic E-state index is 0.0517. The minimum atomic E-state index is -3.90.